The lowest BCUT2D eigenvalue weighted by atomic mass is 10.1. The average molecular weight is 252 g/mol. The zero-order valence-electron chi connectivity index (χ0n) is 9.29. The predicted octanol–water partition coefficient (Wildman–Crippen LogP) is 0.990. The zero-order valence-corrected chi connectivity index (χ0v) is 10.1. The molecule has 0 saturated carbocycles. The molecule has 1 aromatic heterocycles. The summed E-state index contributed by atoms with van der Waals surface area (Å²) in [6.07, 6.45) is 1.61. The average Bonchev–Trinajstić information content (AvgIpc) is 2.77. The van der Waals surface area contributed by atoms with Crippen molar-refractivity contribution < 1.29 is 14.7 Å². The molecular weight excluding hydrogens is 240 g/mol. The van der Waals surface area contributed by atoms with Gasteiger partial charge in [0.2, 0.25) is 0 Å². The van der Waals surface area contributed by atoms with E-state index in [1.165, 1.54) is 16.7 Å². The molecule has 1 amide bonds. The third kappa shape index (κ3) is 2.26. The van der Waals surface area contributed by atoms with Crippen LogP contribution in [0, 0.1) is 6.92 Å². The van der Waals surface area contributed by atoms with Crippen LogP contribution in [0.4, 0.5) is 0 Å². The number of aromatic nitrogens is 1. The molecule has 90 valence electrons. The molecule has 0 aromatic carbocycles. The van der Waals surface area contributed by atoms with Gasteiger partial charge >= 0.3 is 5.97 Å². The van der Waals surface area contributed by atoms with Crippen molar-refractivity contribution in [1.29, 1.82) is 0 Å². The third-order valence-electron chi connectivity index (χ3n) is 2.67. The zero-order chi connectivity index (χ0) is 12.4. The highest BCUT2D eigenvalue weighted by atomic mass is 32.2. The Hall–Kier alpha value is -1.56. The first-order valence-corrected chi connectivity index (χ1v) is 6.30. The summed E-state index contributed by atoms with van der Waals surface area (Å²) in [6.45, 7) is 1.74. The van der Waals surface area contributed by atoms with E-state index in [0.29, 0.717) is 22.9 Å². The molecule has 0 radical (unpaired) electrons. The van der Waals surface area contributed by atoms with Gasteiger partial charge in [0.1, 0.15) is 6.04 Å². The van der Waals surface area contributed by atoms with E-state index >= 15 is 0 Å². The van der Waals surface area contributed by atoms with E-state index in [9.17, 15) is 9.59 Å². The van der Waals surface area contributed by atoms with Crippen LogP contribution in [0.2, 0.25) is 0 Å². The smallest absolute Gasteiger partial charge is 0.327 e. The molecular formula is C11H12N2O3S. The molecule has 0 unspecified atom stereocenters. The van der Waals surface area contributed by atoms with Gasteiger partial charge in [-0.3, -0.25) is 9.78 Å². The summed E-state index contributed by atoms with van der Waals surface area (Å²) < 4.78 is 0. The van der Waals surface area contributed by atoms with Crippen molar-refractivity contribution in [1.82, 2.24) is 9.88 Å². The van der Waals surface area contributed by atoms with E-state index in [-0.39, 0.29) is 5.91 Å². The van der Waals surface area contributed by atoms with Crippen molar-refractivity contribution in [3.05, 3.63) is 29.6 Å². The second kappa shape index (κ2) is 4.75. The van der Waals surface area contributed by atoms with E-state index in [2.05, 4.69) is 4.98 Å². The summed E-state index contributed by atoms with van der Waals surface area (Å²) in [6, 6.07) is 2.62. The van der Waals surface area contributed by atoms with Crippen LogP contribution < -0.4 is 0 Å². The first-order chi connectivity index (χ1) is 8.11. The van der Waals surface area contributed by atoms with Crippen LogP contribution in [0.5, 0.6) is 0 Å². The van der Waals surface area contributed by atoms with Gasteiger partial charge < -0.3 is 10.0 Å². The number of carbonyl (C=O) groups is 2. The summed E-state index contributed by atoms with van der Waals surface area (Å²) in [5, 5.41) is 9.03. The molecule has 1 aliphatic heterocycles. The summed E-state index contributed by atoms with van der Waals surface area (Å²) in [5.74, 6) is -0.345. The molecule has 6 heteroatoms. The number of aryl methyl sites for hydroxylation is 1. The molecule has 0 spiro atoms. The van der Waals surface area contributed by atoms with Gasteiger partial charge in [0.05, 0.1) is 11.4 Å². The number of hydrogen-bond donors (Lipinski definition) is 1. The van der Waals surface area contributed by atoms with Crippen molar-refractivity contribution in [3.8, 4) is 0 Å². The first-order valence-electron chi connectivity index (χ1n) is 5.14. The Bertz CT molecular complexity index is 464. The first kappa shape index (κ1) is 11.9. The van der Waals surface area contributed by atoms with Crippen LogP contribution in [0.25, 0.3) is 0 Å². The summed E-state index contributed by atoms with van der Waals surface area (Å²) >= 11 is 1.45. The minimum atomic E-state index is -0.954. The van der Waals surface area contributed by atoms with Crippen molar-refractivity contribution in [2.24, 2.45) is 0 Å². The van der Waals surface area contributed by atoms with E-state index < -0.39 is 12.0 Å². The Morgan fingerprint density at radius 2 is 2.35 bits per heavy atom. The molecule has 1 aromatic rings. The largest absolute Gasteiger partial charge is 0.480 e. The van der Waals surface area contributed by atoms with Gasteiger partial charge in [-0.2, -0.15) is 0 Å². The van der Waals surface area contributed by atoms with Gasteiger partial charge in [-0.25, -0.2) is 4.79 Å². The lowest BCUT2D eigenvalue weighted by Crippen LogP contribution is -2.42. The van der Waals surface area contributed by atoms with Crippen LogP contribution in [0.1, 0.15) is 16.1 Å². The normalized spacial score (nSPS) is 19.4. The highest BCUT2D eigenvalue weighted by Crippen LogP contribution is 2.23. The fourth-order valence-electron chi connectivity index (χ4n) is 1.71. The lowest BCUT2D eigenvalue weighted by Gasteiger charge is -2.20. The predicted molar refractivity (Wildman–Crippen MR) is 63.9 cm³/mol. The molecule has 0 aliphatic carbocycles. The fraction of sp³-hybridized carbons (Fsp3) is 0.364. The van der Waals surface area contributed by atoms with Crippen molar-refractivity contribution in [2.75, 3.05) is 11.6 Å². The van der Waals surface area contributed by atoms with E-state index in [1.807, 2.05) is 0 Å². The molecule has 1 saturated heterocycles. The Labute approximate surface area is 103 Å². The second-order valence-electron chi connectivity index (χ2n) is 3.77. The lowest BCUT2D eigenvalue weighted by molar-refractivity contribution is -0.140. The summed E-state index contributed by atoms with van der Waals surface area (Å²) in [4.78, 5) is 28.6. The monoisotopic (exact) mass is 252 g/mol. The third-order valence-corrected chi connectivity index (χ3v) is 3.68. The van der Waals surface area contributed by atoms with Crippen molar-refractivity contribution >= 4 is 23.6 Å². The second-order valence-corrected chi connectivity index (χ2v) is 4.77. The number of amides is 1. The van der Waals surface area contributed by atoms with Crippen LogP contribution >= 0.6 is 11.8 Å². The Balaban J connectivity index is 2.26. The van der Waals surface area contributed by atoms with Gasteiger partial charge in [-0.15, -0.1) is 11.8 Å². The van der Waals surface area contributed by atoms with Gasteiger partial charge in [-0.05, 0) is 19.1 Å². The number of hydrogen-bond acceptors (Lipinski definition) is 4. The fourth-order valence-corrected chi connectivity index (χ4v) is 2.86. The molecule has 1 atom stereocenters. The van der Waals surface area contributed by atoms with E-state index in [4.69, 9.17) is 5.11 Å². The van der Waals surface area contributed by atoms with Crippen LogP contribution in [-0.4, -0.2) is 44.5 Å². The molecule has 2 rings (SSSR count). The van der Waals surface area contributed by atoms with Gasteiger partial charge in [0.25, 0.3) is 5.91 Å². The number of thioether (sulfide) groups is 1. The highest BCUT2D eigenvalue weighted by molar-refractivity contribution is 7.99. The minimum Gasteiger partial charge on any atom is -0.480 e. The van der Waals surface area contributed by atoms with Crippen molar-refractivity contribution in [2.45, 2.75) is 13.0 Å². The van der Waals surface area contributed by atoms with Gasteiger partial charge in [0, 0.05) is 17.6 Å². The molecule has 2 heterocycles. The summed E-state index contributed by atoms with van der Waals surface area (Å²) in [7, 11) is 0. The number of aliphatic carboxylic acids is 1. The molecule has 17 heavy (non-hydrogen) atoms. The maximum Gasteiger partial charge on any atom is 0.327 e. The van der Waals surface area contributed by atoms with E-state index in [0.717, 1.165) is 0 Å². The molecule has 1 aliphatic rings. The molecule has 1 fully saturated rings. The standard InChI is InChI=1S/C11H12N2O3S/c1-7-8(3-2-4-12-7)10(14)13-6-17-5-9(13)11(15)16/h2-4,9H,5-6H2,1H3,(H,15,16)/t9-/m0/s1. The maximum atomic E-state index is 12.2. The topological polar surface area (TPSA) is 70.5 Å². The summed E-state index contributed by atoms with van der Waals surface area (Å²) in [5.41, 5.74) is 1.10. The van der Waals surface area contributed by atoms with Gasteiger partial charge in [-0.1, -0.05) is 0 Å². The van der Waals surface area contributed by atoms with Crippen molar-refractivity contribution in [3.63, 3.8) is 0 Å². The van der Waals surface area contributed by atoms with Crippen LogP contribution in [0.3, 0.4) is 0 Å². The Morgan fingerprint density at radius 3 is 3.00 bits per heavy atom. The molecule has 1 N–H and O–H groups in total. The number of rotatable bonds is 2. The Morgan fingerprint density at radius 1 is 1.59 bits per heavy atom. The number of carboxylic acid groups (broad SMARTS) is 1. The minimum absolute atomic E-state index is 0.256. The Kier molecular flexibility index (Phi) is 3.33. The number of pyridine rings is 1. The number of carbonyl (C=O) groups excluding carboxylic acids is 1. The number of nitrogens with zero attached hydrogens (tertiary/aromatic N) is 2. The SMILES string of the molecule is Cc1ncccc1C(=O)N1CSC[C@H]1C(=O)O. The maximum absolute atomic E-state index is 12.2. The molecule has 5 nitrogen and oxygen atoms in total. The van der Waals surface area contributed by atoms with Gasteiger partial charge in [0.15, 0.2) is 0 Å². The van der Waals surface area contributed by atoms with Crippen LogP contribution in [0.15, 0.2) is 18.3 Å². The van der Waals surface area contributed by atoms with E-state index in [1.54, 1.807) is 25.3 Å². The van der Waals surface area contributed by atoms with Crippen LogP contribution in [-0.2, 0) is 4.79 Å². The quantitative estimate of drug-likeness (QED) is 0.850. The highest BCUT2D eigenvalue weighted by Gasteiger charge is 2.35. The number of carboxylic acids is 1. The molecule has 0 bridgehead atoms.